The lowest BCUT2D eigenvalue weighted by molar-refractivity contribution is 0.503. The Hall–Kier alpha value is -1.03. The Balaban J connectivity index is 2.35. The summed E-state index contributed by atoms with van der Waals surface area (Å²) in [7, 11) is 3.66. The first-order chi connectivity index (χ1) is 6.24. The zero-order valence-electron chi connectivity index (χ0n) is 8.03. The molecule has 4 heteroatoms. The Kier molecular flexibility index (Phi) is 3.76. The van der Waals surface area contributed by atoms with Crippen LogP contribution in [0.4, 0.5) is 0 Å². The van der Waals surface area contributed by atoms with Gasteiger partial charge >= 0.3 is 0 Å². The van der Waals surface area contributed by atoms with Crippen molar-refractivity contribution >= 4 is 17.3 Å². The summed E-state index contributed by atoms with van der Waals surface area (Å²) in [6.07, 6.45) is 1.03. The third kappa shape index (κ3) is 3.06. The molecular formula is C9H15N3S. The maximum Gasteiger partial charge on any atom is 0.190 e. The summed E-state index contributed by atoms with van der Waals surface area (Å²) in [4.78, 5) is 7.26. The molecule has 1 aromatic heterocycles. The van der Waals surface area contributed by atoms with E-state index in [1.165, 1.54) is 4.88 Å². The first kappa shape index (κ1) is 10.1. The predicted molar refractivity (Wildman–Crippen MR) is 58.2 cm³/mol. The number of nitrogens with two attached hydrogens (primary N) is 1. The molecule has 0 amide bonds. The maximum absolute atomic E-state index is 5.64. The van der Waals surface area contributed by atoms with Crippen LogP contribution in [0.2, 0.25) is 0 Å². The monoisotopic (exact) mass is 197 g/mol. The normalized spacial score (nSPS) is 11.7. The quantitative estimate of drug-likeness (QED) is 0.584. The van der Waals surface area contributed by atoms with Crippen molar-refractivity contribution in [3.8, 4) is 0 Å². The van der Waals surface area contributed by atoms with Gasteiger partial charge in [-0.15, -0.1) is 11.3 Å². The molecule has 2 N–H and O–H groups in total. The summed E-state index contributed by atoms with van der Waals surface area (Å²) in [6, 6.07) is 4.20. The minimum Gasteiger partial charge on any atom is -0.370 e. The molecule has 1 heterocycles. The molecule has 0 saturated heterocycles. The largest absolute Gasteiger partial charge is 0.370 e. The third-order valence-corrected chi connectivity index (χ3v) is 2.83. The van der Waals surface area contributed by atoms with E-state index in [9.17, 15) is 0 Å². The number of guanidine groups is 1. The topological polar surface area (TPSA) is 41.6 Å². The van der Waals surface area contributed by atoms with E-state index >= 15 is 0 Å². The van der Waals surface area contributed by atoms with Gasteiger partial charge in [0, 0.05) is 25.5 Å². The molecular weight excluding hydrogens is 182 g/mol. The Morgan fingerprint density at radius 2 is 2.46 bits per heavy atom. The predicted octanol–water partition coefficient (Wildman–Crippen LogP) is 1.17. The number of nitrogens with zero attached hydrogens (tertiary/aromatic N) is 2. The van der Waals surface area contributed by atoms with Crippen LogP contribution in [-0.2, 0) is 6.42 Å². The van der Waals surface area contributed by atoms with Gasteiger partial charge in [0.15, 0.2) is 5.96 Å². The first-order valence-electron chi connectivity index (χ1n) is 4.20. The number of thiophene rings is 1. The number of hydrogen-bond acceptors (Lipinski definition) is 2. The van der Waals surface area contributed by atoms with Crippen molar-refractivity contribution in [2.75, 3.05) is 20.6 Å². The van der Waals surface area contributed by atoms with Crippen molar-refractivity contribution in [1.29, 1.82) is 0 Å². The molecule has 1 aromatic rings. The van der Waals surface area contributed by atoms with Crippen LogP contribution in [0.5, 0.6) is 0 Å². The molecule has 0 aliphatic carbocycles. The van der Waals surface area contributed by atoms with Crippen LogP contribution in [0.3, 0.4) is 0 Å². The second-order valence-corrected chi connectivity index (χ2v) is 3.86. The molecule has 0 bridgehead atoms. The van der Waals surface area contributed by atoms with Gasteiger partial charge in [0.2, 0.25) is 0 Å². The third-order valence-electron chi connectivity index (χ3n) is 1.89. The van der Waals surface area contributed by atoms with E-state index in [0.29, 0.717) is 5.96 Å². The van der Waals surface area contributed by atoms with E-state index in [0.717, 1.165) is 13.0 Å². The highest BCUT2D eigenvalue weighted by Gasteiger charge is 2.01. The standard InChI is InChI=1S/C9H15N3S/c1-11-9(10)12(2)6-5-8-4-3-7-13-8/h3-4,7H,5-6H2,1-2H3,(H2,10,11). The van der Waals surface area contributed by atoms with E-state index in [1.54, 1.807) is 18.4 Å². The average Bonchev–Trinajstić information content (AvgIpc) is 2.65. The number of likely N-dealkylation sites (N-methyl/N-ethyl adjacent to an activating group) is 1. The molecule has 72 valence electrons. The molecule has 13 heavy (non-hydrogen) atoms. The van der Waals surface area contributed by atoms with Gasteiger partial charge in [-0.05, 0) is 17.9 Å². The minimum absolute atomic E-state index is 0.594. The number of rotatable bonds is 3. The van der Waals surface area contributed by atoms with Crippen LogP contribution >= 0.6 is 11.3 Å². The summed E-state index contributed by atoms with van der Waals surface area (Å²) >= 11 is 1.78. The van der Waals surface area contributed by atoms with Gasteiger partial charge in [0.05, 0.1) is 0 Å². The Bertz CT molecular complexity index is 266. The summed E-state index contributed by atoms with van der Waals surface area (Å²) in [5.41, 5.74) is 5.64. The van der Waals surface area contributed by atoms with E-state index in [1.807, 2.05) is 11.9 Å². The molecule has 1 rings (SSSR count). The fraction of sp³-hybridized carbons (Fsp3) is 0.444. The highest BCUT2D eigenvalue weighted by molar-refractivity contribution is 7.09. The number of hydrogen-bond donors (Lipinski definition) is 1. The summed E-state index contributed by atoms with van der Waals surface area (Å²) in [6.45, 7) is 0.920. The molecule has 3 nitrogen and oxygen atoms in total. The minimum atomic E-state index is 0.594. The SMILES string of the molecule is CN=C(N)N(C)CCc1cccs1. The summed E-state index contributed by atoms with van der Waals surface area (Å²) < 4.78 is 0. The molecule has 0 atom stereocenters. The number of aliphatic imine (C=N–C) groups is 1. The van der Waals surface area contributed by atoms with Gasteiger partial charge < -0.3 is 10.6 Å². The van der Waals surface area contributed by atoms with Crippen LogP contribution in [0, 0.1) is 0 Å². The van der Waals surface area contributed by atoms with Crippen molar-refractivity contribution in [3.05, 3.63) is 22.4 Å². The molecule has 0 saturated carbocycles. The van der Waals surface area contributed by atoms with Gasteiger partial charge in [-0.25, -0.2) is 0 Å². The molecule has 0 aromatic carbocycles. The van der Waals surface area contributed by atoms with Crippen LogP contribution in [0.15, 0.2) is 22.5 Å². The lowest BCUT2D eigenvalue weighted by Crippen LogP contribution is -2.35. The van der Waals surface area contributed by atoms with Crippen LogP contribution < -0.4 is 5.73 Å². The first-order valence-corrected chi connectivity index (χ1v) is 5.07. The second kappa shape index (κ2) is 4.87. The molecule has 0 radical (unpaired) electrons. The molecule has 0 unspecified atom stereocenters. The fourth-order valence-electron chi connectivity index (χ4n) is 1.02. The van der Waals surface area contributed by atoms with Gasteiger partial charge in [-0.2, -0.15) is 0 Å². The Morgan fingerprint density at radius 1 is 1.69 bits per heavy atom. The van der Waals surface area contributed by atoms with Crippen molar-refractivity contribution in [1.82, 2.24) is 4.90 Å². The lowest BCUT2D eigenvalue weighted by atomic mass is 10.3. The van der Waals surface area contributed by atoms with Gasteiger partial charge in [0.25, 0.3) is 0 Å². The fourth-order valence-corrected chi connectivity index (χ4v) is 1.72. The van der Waals surface area contributed by atoms with Crippen molar-refractivity contribution in [3.63, 3.8) is 0 Å². The highest BCUT2D eigenvalue weighted by atomic mass is 32.1. The maximum atomic E-state index is 5.64. The molecule has 0 fully saturated rings. The van der Waals surface area contributed by atoms with Gasteiger partial charge in [-0.3, -0.25) is 4.99 Å². The van der Waals surface area contributed by atoms with Crippen LogP contribution in [0.1, 0.15) is 4.88 Å². The van der Waals surface area contributed by atoms with Crippen LogP contribution in [0.25, 0.3) is 0 Å². The van der Waals surface area contributed by atoms with E-state index in [4.69, 9.17) is 5.73 Å². The summed E-state index contributed by atoms with van der Waals surface area (Å²) in [5.74, 6) is 0.594. The second-order valence-electron chi connectivity index (χ2n) is 2.83. The van der Waals surface area contributed by atoms with Gasteiger partial charge in [0.1, 0.15) is 0 Å². The average molecular weight is 197 g/mol. The Morgan fingerprint density at radius 3 is 3.00 bits per heavy atom. The van der Waals surface area contributed by atoms with Crippen molar-refractivity contribution < 1.29 is 0 Å². The van der Waals surface area contributed by atoms with E-state index in [2.05, 4.69) is 22.5 Å². The molecule has 0 aliphatic heterocycles. The van der Waals surface area contributed by atoms with Gasteiger partial charge in [-0.1, -0.05) is 6.07 Å². The smallest absolute Gasteiger partial charge is 0.190 e. The van der Waals surface area contributed by atoms with Crippen LogP contribution in [-0.4, -0.2) is 31.5 Å². The zero-order valence-corrected chi connectivity index (χ0v) is 8.84. The van der Waals surface area contributed by atoms with E-state index in [-0.39, 0.29) is 0 Å². The molecule has 0 spiro atoms. The Labute approximate surface area is 82.9 Å². The van der Waals surface area contributed by atoms with Crippen molar-refractivity contribution in [2.24, 2.45) is 10.7 Å². The highest BCUT2D eigenvalue weighted by Crippen LogP contribution is 2.09. The molecule has 0 aliphatic rings. The van der Waals surface area contributed by atoms with E-state index < -0.39 is 0 Å². The lowest BCUT2D eigenvalue weighted by Gasteiger charge is -2.16. The van der Waals surface area contributed by atoms with Crippen molar-refractivity contribution in [2.45, 2.75) is 6.42 Å². The zero-order chi connectivity index (χ0) is 9.68. The summed E-state index contributed by atoms with van der Waals surface area (Å²) in [5, 5.41) is 2.09.